The molecule has 0 atom stereocenters. The number of aryl methyl sites for hydroxylation is 2. The average Bonchev–Trinajstić information content (AvgIpc) is 2.33. The highest BCUT2D eigenvalue weighted by Crippen LogP contribution is 2.27. The van der Waals surface area contributed by atoms with Crippen molar-refractivity contribution in [2.75, 3.05) is 7.11 Å². The van der Waals surface area contributed by atoms with Crippen LogP contribution in [0.15, 0.2) is 30.3 Å². The standard InChI is InChI=1S/C14H14ClNO/c1-9-4-5-11(8-10(9)2)13-7-6-12(15)14(16-13)17-3/h4-8H,1-3H3. The van der Waals surface area contributed by atoms with Crippen molar-refractivity contribution in [1.82, 2.24) is 4.98 Å². The molecule has 1 aromatic heterocycles. The highest BCUT2D eigenvalue weighted by molar-refractivity contribution is 6.31. The van der Waals surface area contributed by atoms with Crippen molar-refractivity contribution in [3.8, 4) is 17.1 Å². The first-order valence-corrected chi connectivity index (χ1v) is 5.78. The molecular formula is C14H14ClNO. The normalized spacial score (nSPS) is 10.4. The van der Waals surface area contributed by atoms with Gasteiger partial charge in [-0.1, -0.05) is 23.7 Å². The maximum Gasteiger partial charge on any atom is 0.232 e. The van der Waals surface area contributed by atoms with Gasteiger partial charge in [0.1, 0.15) is 5.02 Å². The second-order valence-corrected chi connectivity index (χ2v) is 4.39. The highest BCUT2D eigenvalue weighted by atomic mass is 35.5. The molecule has 2 nitrogen and oxygen atoms in total. The zero-order valence-corrected chi connectivity index (χ0v) is 10.9. The van der Waals surface area contributed by atoms with Crippen molar-refractivity contribution < 1.29 is 4.74 Å². The van der Waals surface area contributed by atoms with Crippen molar-refractivity contribution in [1.29, 1.82) is 0 Å². The zero-order chi connectivity index (χ0) is 12.4. The summed E-state index contributed by atoms with van der Waals surface area (Å²) >= 11 is 5.95. The number of ether oxygens (including phenoxy) is 1. The maximum atomic E-state index is 5.95. The topological polar surface area (TPSA) is 22.1 Å². The summed E-state index contributed by atoms with van der Waals surface area (Å²) in [4.78, 5) is 4.38. The smallest absolute Gasteiger partial charge is 0.232 e. The molecule has 0 fully saturated rings. The van der Waals surface area contributed by atoms with Crippen molar-refractivity contribution in [2.45, 2.75) is 13.8 Å². The monoisotopic (exact) mass is 247 g/mol. The molecule has 0 N–H and O–H groups in total. The van der Waals surface area contributed by atoms with Crippen molar-refractivity contribution in [2.24, 2.45) is 0 Å². The summed E-state index contributed by atoms with van der Waals surface area (Å²) in [6.07, 6.45) is 0. The fraction of sp³-hybridized carbons (Fsp3) is 0.214. The number of hydrogen-bond acceptors (Lipinski definition) is 2. The lowest BCUT2D eigenvalue weighted by Crippen LogP contribution is -1.92. The van der Waals surface area contributed by atoms with Crippen LogP contribution in [0, 0.1) is 13.8 Å². The molecule has 2 aromatic rings. The van der Waals surface area contributed by atoms with Gasteiger partial charge in [-0.15, -0.1) is 0 Å². The van der Waals surface area contributed by atoms with E-state index in [1.807, 2.05) is 6.07 Å². The maximum absolute atomic E-state index is 5.95. The zero-order valence-electron chi connectivity index (χ0n) is 10.1. The van der Waals surface area contributed by atoms with Gasteiger partial charge in [-0.2, -0.15) is 0 Å². The van der Waals surface area contributed by atoms with Crippen LogP contribution in [-0.4, -0.2) is 12.1 Å². The molecule has 0 amide bonds. The van der Waals surface area contributed by atoms with Gasteiger partial charge < -0.3 is 4.74 Å². The van der Waals surface area contributed by atoms with Gasteiger partial charge in [-0.05, 0) is 43.2 Å². The Kier molecular flexibility index (Phi) is 3.34. The van der Waals surface area contributed by atoms with Crippen LogP contribution in [0.4, 0.5) is 0 Å². The Balaban J connectivity index is 2.49. The largest absolute Gasteiger partial charge is 0.480 e. The number of nitrogens with zero attached hydrogens (tertiary/aromatic N) is 1. The average molecular weight is 248 g/mol. The molecule has 1 heterocycles. The number of halogens is 1. The van der Waals surface area contributed by atoms with Crippen LogP contribution in [0.3, 0.4) is 0 Å². The van der Waals surface area contributed by atoms with E-state index in [9.17, 15) is 0 Å². The molecule has 2 rings (SSSR count). The van der Waals surface area contributed by atoms with E-state index in [1.54, 1.807) is 13.2 Å². The van der Waals surface area contributed by atoms with Gasteiger partial charge in [0.05, 0.1) is 12.8 Å². The SMILES string of the molecule is COc1nc(-c2ccc(C)c(C)c2)ccc1Cl. The molecule has 88 valence electrons. The number of hydrogen-bond donors (Lipinski definition) is 0. The van der Waals surface area contributed by atoms with Crippen molar-refractivity contribution in [3.63, 3.8) is 0 Å². The van der Waals surface area contributed by atoms with Crippen LogP contribution in [0.25, 0.3) is 11.3 Å². The third-order valence-electron chi connectivity index (χ3n) is 2.81. The summed E-state index contributed by atoms with van der Waals surface area (Å²) in [7, 11) is 1.57. The fourth-order valence-electron chi connectivity index (χ4n) is 1.63. The van der Waals surface area contributed by atoms with E-state index in [4.69, 9.17) is 16.3 Å². The lowest BCUT2D eigenvalue weighted by molar-refractivity contribution is 0.398. The first kappa shape index (κ1) is 11.9. The Morgan fingerprint density at radius 2 is 1.82 bits per heavy atom. The van der Waals surface area contributed by atoms with Crippen LogP contribution in [-0.2, 0) is 0 Å². The van der Waals surface area contributed by atoms with Gasteiger partial charge in [-0.3, -0.25) is 0 Å². The lowest BCUT2D eigenvalue weighted by Gasteiger charge is -2.07. The third kappa shape index (κ3) is 2.42. The molecular weight excluding hydrogens is 234 g/mol. The van der Waals surface area contributed by atoms with E-state index < -0.39 is 0 Å². The predicted octanol–water partition coefficient (Wildman–Crippen LogP) is 4.03. The molecule has 0 aliphatic carbocycles. The summed E-state index contributed by atoms with van der Waals surface area (Å²) in [5, 5.41) is 0.528. The summed E-state index contributed by atoms with van der Waals surface area (Å²) < 4.78 is 5.12. The van der Waals surface area contributed by atoms with Gasteiger partial charge in [0, 0.05) is 5.56 Å². The van der Waals surface area contributed by atoms with E-state index in [0.717, 1.165) is 11.3 Å². The number of aromatic nitrogens is 1. The number of benzene rings is 1. The summed E-state index contributed by atoms with van der Waals surface area (Å²) in [5.41, 5.74) is 4.46. The number of rotatable bonds is 2. The minimum Gasteiger partial charge on any atom is -0.480 e. The molecule has 17 heavy (non-hydrogen) atoms. The Labute approximate surface area is 106 Å². The number of methoxy groups -OCH3 is 1. The van der Waals surface area contributed by atoms with Crippen LogP contribution in [0.5, 0.6) is 5.88 Å². The molecule has 0 saturated carbocycles. The minimum atomic E-state index is 0.461. The van der Waals surface area contributed by atoms with E-state index in [1.165, 1.54) is 11.1 Å². The molecule has 0 spiro atoms. The van der Waals surface area contributed by atoms with Gasteiger partial charge in [-0.25, -0.2) is 4.98 Å². The van der Waals surface area contributed by atoms with E-state index in [2.05, 4.69) is 37.0 Å². The van der Waals surface area contributed by atoms with Gasteiger partial charge in [0.25, 0.3) is 0 Å². The lowest BCUT2D eigenvalue weighted by atomic mass is 10.0. The van der Waals surface area contributed by atoms with Gasteiger partial charge >= 0.3 is 0 Å². The second-order valence-electron chi connectivity index (χ2n) is 3.99. The van der Waals surface area contributed by atoms with Crippen LogP contribution in [0.2, 0.25) is 5.02 Å². The van der Waals surface area contributed by atoms with Crippen molar-refractivity contribution >= 4 is 11.6 Å². The second kappa shape index (κ2) is 4.76. The molecule has 1 aromatic carbocycles. The molecule has 0 aliphatic rings. The van der Waals surface area contributed by atoms with E-state index in [0.29, 0.717) is 10.9 Å². The Morgan fingerprint density at radius 3 is 2.47 bits per heavy atom. The first-order valence-electron chi connectivity index (χ1n) is 5.40. The van der Waals surface area contributed by atoms with Crippen LogP contribution in [0.1, 0.15) is 11.1 Å². The summed E-state index contributed by atoms with van der Waals surface area (Å²) in [5.74, 6) is 0.461. The molecule has 0 radical (unpaired) electrons. The molecule has 3 heteroatoms. The van der Waals surface area contributed by atoms with Gasteiger partial charge in [0.2, 0.25) is 5.88 Å². The molecule has 0 aliphatic heterocycles. The Hall–Kier alpha value is -1.54. The fourth-order valence-corrected chi connectivity index (χ4v) is 1.81. The van der Waals surface area contributed by atoms with Crippen LogP contribution >= 0.6 is 11.6 Å². The van der Waals surface area contributed by atoms with Gasteiger partial charge in [0.15, 0.2) is 0 Å². The third-order valence-corrected chi connectivity index (χ3v) is 3.10. The van der Waals surface area contributed by atoms with Crippen LogP contribution < -0.4 is 4.74 Å². The summed E-state index contributed by atoms with van der Waals surface area (Å²) in [6.45, 7) is 4.18. The molecule has 0 saturated heterocycles. The molecule has 0 bridgehead atoms. The summed E-state index contributed by atoms with van der Waals surface area (Å²) in [6, 6.07) is 9.96. The highest BCUT2D eigenvalue weighted by Gasteiger charge is 2.06. The minimum absolute atomic E-state index is 0.461. The van der Waals surface area contributed by atoms with Crippen molar-refractivity contribution in [3.05, 3.63) is 46.5 Å². The Bertz CT molecular complexity index is 552. The molecule has 0 unspecified atom stereocenters. The predicted molar refractivity (Wildman–Crippen MR) is 70.7 cm³/mol. The number of pyridine rings is 1. The van der Waals surface area contributed by atoms with E-state index in [-0.39, 0.29) is 0 Å². The van der Waals surface area contributed by atoms with E-state index >= 15 is 0 Å². The Morgan fingerprint density at radius 1 is 1.06 bits per heavy atom. The quantitative estimate of drug-likeness (QED) is 0.800. The first-order chi connectivity index (χ1) is 8.11.